The Labute approximate surface area is 87.0 Å². The molecular weight excluding hydrogens is 168 g/mol. The summed E-state index contributed by atoms with van der Waals surface area (Å²) in [6.07, 6.45) is 6.58. The predicted octanol–water partition coefficient (Wildman–Crippen LogP) is 3.52. The molecule has 73 valence electrons. The van der Waals surface area contributed by atoms with E-state index in [-0.39, 0.29) is 0 Å². The fourth-order valence-electron chi connectivity index (χ4n) is 1.53. The summed E-state index contributed by atoms with van der Waals surface area (Å²) >= 11 is 0. The molecule has 0 aliphatic rings. The van der Waals surface area contributed by atoms with Crippen LogP contribution < -0.4 is 0 Å². The topological polar surface area (TPSA) is 0 Å². The van der Waals surface area contributed by atoms with Crippen LogP contribution in [0.5, 0.6) is 0 Å². The number of benzene rings is 1. The average molecular weight is 185 g/mol. The first-order valence-electron chi connectivity index (χ1n) is 4.93. The van der Waals surface area contributed by atoms with E-state index in [9.17, 15) is 0 Å². The summed E-state index contributed by atoms with van der Waals surface area (Å²) in [5.41, 5.74) is 3.98. The van der Waals surface area contributed by atoms with E-state index in [1.807, 2.05) is 12.2 Å². The number of allylic oxidation sites excluding steroid dienone is 2. The predicted molar refractivity (Wildman–Crippen MR) is 63.3 cm³/mol. The quantitative estimate of drug-likeness (QED) is 0.616. The van der Waals surface area contributed by atoms with Gasteiger partial charge in [0, 0.05) is 0 Å². The Hall–Kier alpha value is -1.30. The summed E-state index contributed by atoms with van der Waals surface area (Å²) in [6.45, 7) is 11.4. The van der Waals surface area contributed by atoms with Gasteiger partial charge in [-0.3, -0.25) is 0 Å². The zero-order chi connectivity index (χ0) is 10.4. The largest absolute Gasteiger partial charge is 0.103 e. The molecule has 0 heteroatoms. The van der Waals surface area contributed by atoms with Crippen molar-refractivity contribution in [3.63, 3.8) is 0 Å². The normalized spacial score (nSPS) is 9.79. The van der Waals surface area contributed by atoms with Crippen molar-refractivity contribution >= 4 is 0 Å². The summed E-state index contributed by atoms with van der Waals surface area (Å²) in [5.74, 6) is 0. The summed E-state index contributed by atoms with van der Waals surface area (Å²) < 4.78 is 0. The van der Waals surface area contributed by atoms with Crippen LogP contribution in [0.2, 0.25) is 0 Å². The number of rotatable bonds is 5. The summed E-state index contributed by atoms with van der Waals surface area (Å²) in [7, 11) is 0. The van der Waals surface area contributed by atoms with Crippen molar-refractivity contribution in [2.45, 2.75) is 19.3 Å². The molecule has 1 aromatic carbocycles. The van der Waals surface area contributed by atoms with Crippen LogP contribution in [0.1, 0.15) is 16.7 Å². The SMILES string of the molecule is [CH2]Cc1ccc(CC=C)c(CC=C)c1. The third-order valence-electron chi connectivity index (χ3n) is 2.29. The zero-order valence-electron chi connectivity index (χ0n) is 8.63. The smallest absolute Gasteiger partial charge is 0.00972 e. The van der Waals surface area contributed by atoms with Crippen LogP contribution in [-0.2, 0) is 19.3 Å². The Morgan fingerprint density at radius 3 is 2.21 bits per heavy atom. The molecule has 1 aromatic rings. The first-order valence-corrected chi connectivity index (χ1v) is 4.93. The van der Waals surface area contributed by atoms with Gasteiger partial charge in [-0.05, 0) is 42.9 Å². The van der Waals surface area contributed by atoms with Gasteiger partial charge in [-0.25, -0.2) is 0 Å². The molecule has 0 bridgehead atoms. The Kier molecular flexibility index (Phi) is 4.18. The van der Waals surface area contributed by atoms with Gasteiger partial charge < -0.3 is 0 Å². The van der Waals surface area contributed by atoms with E-state index in [1.54, 1.807) is 0 Å². The van der Waals surface area contributed by atoms with Crippen molar-refractivity contribution in [3.8, 4) is 0 Å². The van der Waals surface area contributed by atoms with Crippen LogP contribution >= 0.6 is 0 Å². The molecule has 0 amide bonds. The highest BCUT2D eigenvalue weighted by molar-refractivity contribution is 5.34. The van der Waals surface area contributed by atoms with E-state index in [4.69, 9.17) is 0 Å². The molecule has 0 N–H and O–H groups in total. The van der Waals surface area contributed by atoms with Crippen molar-refractivity contribution in [3.05, 3.63) is 67.1 Å². The summed E-state index contributed by atoms with van der Waals surface area (Å²) in [5, 5.41) is 0. The van der Waals surface area contributed by atoms with Gasteiger partial charge in [0.2, 0.25) is 0 Å². The Balaban J connectivity index is 3.02. The van der Waals surface area contributed by atoms with Crippen LogP contribution in [0.4, 0.5) is 0 Å². The maximum atomic E-state index is 3.89. The minimum atomic E-state index is 0.846. The van der Waals surface area contributed by atoms with Gasteiger partial charge in [0.15, 0.2) is 0 Å². The van der Waals surface area contributed by atoms with Crippen LogP contribution in [0.3, 0.4) is 0 Å². The second-order valence-corrected chi connectivity index (χ2v) is 3.34. The van der Waals surface area contributed by atoms with Crippen molar-refractivity contribution in [2.75, 3.05) is 0 Å². The van der Waals surface area contributed by atoms with E-state index in [1.165, 1.54) is 16.7 Å². The van der Waals surface area contributed by atoms with Crippen LogP contribution in [-0.4, -0.2) is 0 Å². The highest BCUT2D eigenvalue weighted by Crippen LogP contribution is 2.14. The summed E-state index contributed by atoms with van der Waals surface area (Å²) in [4.78, 5) is 0. The van der Waals surface area contributed by atoms with Gasteiger partial charge in [0.1, 0.15) is 0 Å². The van der Waals surface area contributed by atoms with Gasteiger partial charge >= 0.3 is 0 Å². The molecule has 0 saturated heterocycles. The molecule has 1 rings (SSSR count). The van der Waals surface area contributed by atoms with Gasteiger partial charge in [0.05, 0.1) is 0 Å². The molecular formula is C14H17. The second kappa shape index (κ2) is 5.43. The van der Waals surface area contributed by atoms with Crippen molar-refractivity contribution in [1.82, 2.24) is 0 Å². The molecule has 0 spiro atoms. The van der Waals surface area contributed by atoms with E-state index in [0.29, 0.717) is 0 Å². The number of hydrogen-bond acceptors (Lipinski definition) is 0. The fraction of sp³-hybridized carbons (Fsp3) is 0.214. The molecule has 0 nitrogen and oxygen atoms in total. The van der Waals surface area contributed by atoms with Gasteiger partial charge in [-0.15, -0.1) is 13.2 Å². The monoisotopic (exact) mass is 185 g/mol. The Bertz CT molecular complexity index is 321. The maximum Gasteiger partial charge on any atom is -0.00972 e. The van der Waals surface area contributed by atoms with Crippen LogP contribution in [0.25, 0.3) is 0 Å². The lowest BCUT2D eigenvalue weighted by Gasteiger charge is -2.07. The summed E-state index contributed by atoms with van der Waals surface area (Å²) in [6, 6.07) is 6.52. The van der Waals surface area contributed by atoms with E-state index in [0.717, 1.165) is 19.3 Å². The van der Waals surface area contributed by atoms with Gasteiger partial charge in [-0.1, -0.05) is 30.4 Å². The van der Waals surface area contributed by atoms with Crippen molar-refractivity contribution in [1.29, 1.82) is 0 Å². The lowest BCUT2D eigenvalue weighted by Crippen LogP contribution is -1.93. The molecule has 0 unspecified atom stereocenters. The van der Waals surface area contributed by atoms with Crippen LogP contribution in [0.15, 0.2) is 43.5 Å². The molecule has 0 atom stereocenters. The van der Waals surface area contributed by atoms with E-state index < -0.39 is 0 Å². The first kappa shape index (κ1) is 10.8. The van der Waals surface area contributed by atoms with Gasteiger partial charge in [0.25, 0.3) is 0 Å². The molecule has 14 heavy (non-hydrogen) atoms. The highest BCUT2D eigenvalue weighted by atomic mass is 14.1. The third kappa shape index (κ3) is 2.59. The molecule has 0 heterocycles. The minimum Gasteiger partial charge on any atom is -0.103 e. The minimum absolute atomic E-state index is 0.846. The van der Waals surface area contributed by atoms with E-state index in [2.05, 4.69) is 38.3 Å². The average Bonchev–Trinajstić information content (AvgIpc) is 2.21. The second-order valence-electron chi connectivity index (χ2n) is 3.34. The molecule has 0 fully saturated rings. The number of hydrogen-bond donors (Lipinski definition) is 0. The standard InChI is InChI=1S/C14H17/c1-4-7-13-10-9-12(6-3)11-14(13)8-5-2/h4-5,9-11H,1-3,6-8H2. The fourth-order valence-corrected chi connectivity index (χ4v) is 1.53. The molecule has 0 saturated carbocycles. The lowest BCUT2D eigenvalue weighted by molar-refractivity contribution is 1.12. The molecule has 0 aromatic heterocycles. The third-order valence-corrected chi connectivity index (χ3v) is 2.29. The zero-order valence-corrected chi connectivity index (χ0v) is 8.63. The maximum absolute atomic E-state index is 3.89. The molecule has 0 aliphatic carbocycles. The highest BCUT2D eigenvalue weighted by Gasteiger charge is 2.00. The van der Waals surface area contributed by atoms with E-state index >= 15 is 0 Å². The molecule has 1 radical (unpaired) electrons. The van der Waals surface area contributed by atoms with Crippen LogP contribution in [0, 0.1) is 6.92 Å². The van der Waals surface area contributed by atoms with Crippen molar-refractivity contribution in [2.24, 2.45) is 0 Å². The van der Waals surface area contributed by atoms with Gasteiger partial charge in [-0.2, -0.15) is 0 Å². The molecule has 0 aliphatic heterocycles. The van der Waals surface area contributed by atoms with Crippen molar-refractivity contribution < 1.29 is 0 Å². The first-order chi connectivity index (χ1) is 6.81. The Morgan fingerprint density at radius 1 is 1.00 bits per heavy atom. The lowest BCUT2D eigenvalue weighted by atomic mass is 9.98. The Morgan fingerprint density at radius 2 is 1.64 bits per heavy atom.